The van der Waals surface area contributed by atoms with Crippen LogP contribution in [-0.4, -0.2) is 28.1 Å². The third-order valence-corrected chi connectivity index (χ3v) is 2.76. The third-order valence-electron chi connectivity index (χ3n) is 2.76. The maximum absolute atomic E-state index is 11.0. The minimum atomic E-state index is -1.27. The maximum atomic E-state index is 11.0. The van der Waals surface area contributed by atoms with E-state index in [1.54, 1.807) is 0 Å². The Bertz CT molecular complexity index is 302. The highest BCUT2D eigenvalue weighted by molar-refractivity contribution is 6.01. The maximum Gasteiger partial charge on any atom is 0.327 e. The van der Waals surface area contributed by atoms with E-state index in [-0.39, 0.29) is 0 Å². The van der Waals surface area contributed by atoms with Gasteiger partial charge in [0.1, 0.15) is 5.41 Å². The number of rotatable bonds is 3. The molecule has 4 N–H and O–H groups in total. The monoisotopic (exact) mass is 243 g/mol. The smallest absolute Gasteiger partial charge is 0.327 e. The van der Waals surface area contributed by atoms with Crippen LogP contribution in [0.1, 0.15) is 32.1 Å². The zero-order valence-electron chi connectivity index (χ0n) is 9.52. The molecule has 0 radical (unpaired) electrons. The molecule has 0 heterocycles. The zero-order chi connectivity index (χ0) is 13.5. The molecule has 0 unspecified atom stereocenters. The molecule has 0 saturated heterocycles. The van der Waals surface area contributed by atoms with Gasteiger partial charge in [-0.2, -0.15) is 0 Å². The second-order valence-electron chi connectivity index (χ2n) is 3.85. The van der Waals surface area contributed by atoms with Gasteiger partial charge in [-0.25, -0.2) is 4.79 Å². The summed E-state index contributed by atoms with van der Waals surface area (Å²) in [6.07, 6.45) is 4.21. The molecule has 17 heavy (non-hydrogen) atoms. The van der Waals surface area contributed by atoms with Crippen molar-refractivity contribution in [2.45, 2.75) is 32.1 Å². The minimum Gasteiger partial charge on any atom is -0.480 e. The number of carbonyl (C=O) groups excluding carboxylic acids is 1. The second kappa shape index (κ2) is 6.67. The van der Waals surface area contributed by atoms with Gasteiger partial charge in [0.2, 0.25) is 5.91 Å². The van der Waals surface area contributed by atoms with E-state index in [9.17, 15) is 14.4 Å². The van der Waals surface area contributed by atoms with Crippen LogP contribution >= 0.6 is 0 Å². The van der Waals surface area contributed by atoms with Gasteiger partial charge in [-0.15, -0.1) is 0 Å². The van der Waals surface area contributed by atoms with Crippen molar-refractivity contribution in [2.75, 3.05) is 0 Å². The van der Waals surface area contributed by atoms with Gasteiger partial charge in [-0.1, -0.05) is 25.8 Å². The van der Waals surface area contributed by atoms with Crippen LogP contribution in [-0.2, 0) is 14.4 Å². The van der Waals surface area contributed by atoms with Crippen molar-refractivity contribution < 1.29 is 24.6 Å². The summed E-state index contributed by atoms with van der Waals surface area (Å²) in [5, 5.41) is 16.5. The summed E-state index contributed by atoms with van der Waals surface area (Å²) < 4.78 is 0. The molecular formula is C11H17NO5. The van der Waals surface area contributed by atoms with Crippen molar-refractivity contribution in [3.63, 3.8) is 0 Å². The Morgan fingerprint density at radius 2 is 1.53 bits per heavy atom. The average molecular weight is 243 g/mol. The summed E-state index contributed by atoms with van der Waals surface area (Å²) in [7, 11) is 0. The normalized spacial score (nSPS) is 17.2. The first-order chi connectivity index (χ1) is 7.86. The molecule has 0 bridgehead atoms. The highest BCUT2D eigenvalue weighted by Gasteiger charge is 2.45. The van der Waals surface area contributed by atoms with Gasteiger partial charge in [0, 0.05) is 6.08 Å². The quantitative estimate of drug-likeness (QED) is 0.499. The molecule has 1 amide bonds. The molecule has 1 rings (SSSR count). The molecule has 0 atom stereocenters. The molecule has 1 saturated carbocycles. The van der Waals surface area contributed by atoms with E-state index in [0.29, 0.717) is 12.8 Å². The number of amides is 1. The van der Waals surface area contributed by atoms with Crippen LogP contribution in [0.3, 0.4) is 0 Å². The van der Waals surface area contributed by atoms with Crippen LogP contribution in [0.4, 0.5) is 0 Å². The summed E-state index contributed by atoms with van der Waals surface area (Å²) in [5.74, 6) is -2.73. The first-order valence-electron chi connectivity index (χ1n) is 5.25. The van der Waals surface area contributed by atoms with Gasteiger partial charge >= 0.3 is 11.9 Å². The summed E-state index contributed by atoms with van der Waals surface area (Å²) in [4.78, 5) is 31.0. The Morgan fingerprint density at radius 3 is 1.71 bits per heavy atom. The molecule has 1 aliphatic carbocycles. The molecule has 0 aliphatic heterocycles. The van der Waals surface area contributed by atoms with Gasteiger partial charge in [-0.3, -0.25) is 9.59 Å². The zero-order valence-corrected chi connectivity index (χ0v) is 9.52. The van der Waals surface area contributed by atoms with Crippen molar-refractivity contribution in [1.82, 2.24) is 0 Å². The van der Waals surface area contributed by atoms with Crippen LogP contribution in [0.5, 0.6) is 0 Å². The number of primary amides is 1. The summed E-state index contributed by atoms with van der Waals surface area (Å²) in [6, 6.07) is 0. The number of carbonyl (C=O) groups is 3. The first kappa shape index (κ1) is 15.2. The highest BCUT2D eigenvalue weighted by atomic mass is 16.4. The van der Waals surface area contributed by atoms with Gasteiger partial charge in [0.05, 0.1) is 0 Å². The largest absolute Gasteiger partial charge is 0.480 e. The standard InChI is InChI=1S/C8H13NO3.C3H4O2/c9-6(10)8(7(11)12)4-2-1-3-5-8;1-2-3(4)5/h1-5H2,(H2,9,10)(H,11,12);2H,1H2,(H,4,5). The van der Waals surface area contributed by atoms with Crippen molar-refractivity contribution in [3.05, 3.63) is 12.7 Å². The van der Waals surface area contributed by atoms with Crippen LogP contribution in [0, 0.1) is 5.41 Å². The molecule has 1 fully saturated rings. The lowest BCUT2D eigenvalue weighted by atomic mass is 9.73. The minimum absolute atomic E-state index is 0.400. The summed E-state index contributed by atoms with van der Waals surface area (Å²) in [5.41, 5.74) is 3.82. The van der Waals surface area contributed by atoms with Gasteiger partial charge < -0.3 is 15.9 Å². The lowest BCUT2D eigenvalue weighted by Gasteiger charge is -2.29. The van der Waals surface area contributed by atoms with Crippen LogP contribution in [0.25, 0.3) is 0 Å². The van der Waals surface area contributed by atoms with E-state index in [0.717, 1.165) is 25.3 Å². The van der Waals surface area contributed by atoms with E-state index in [1.165, 1.54) is 0 Å². The third kappa shape index (κ3) is 4.26. The molecule has 6 nitrogen and oxygen atoms in total. The number of hydrogen-bond donors (Lipinski definition) is 3. The average Bonchev–Trinajstić information content (AvgIpc) is 2.30. The Balaban J connectivity index is 0.000000437. The second-order valence-corrected chi connectivity index (χ2v) is 3.85. The number of carboxylic acids is 2. The Labute approximate surface area is 99.1 Å². The SMILES string of the molecule is C=CC(=O)O.NC(=O)C1(C(=O)O)CCCCC1. The lowest BCUT2D eigenvalue weighted by Crippen LogP contribution is -2.45. The van der Waals surface area contributed by atoms with Crippen LogP contribution in [0.2, 0.25) is 0 Å². The van der Waals surface area contributed by atoms with Gasteiger partial charge in [-0.05, 0) is 12.8 Å². The molecule has 0 aromatic carbocycles. The van der Waals surface area contributed by atoms with Crippen molar-refractivity contribution in [1.29, 1.82) is 0 Å². The van der Waals surface area contributed by atoms with E-state index in [2.05, 4.69) is 6.58 Å². The molecule has 0 spiro atoms. The number of carboxylic acid groups (broad SMARTS) is 2. The van der Waals surface area contributed by atoms with E-state index >= 15 is 0 Å². The van der Waals surface area contributed by atoms with E-state index in [1.807, 2.05) is 0 Å². The molecule has 0 aromatic rings. The molecule has 1 aliphatic rings. The first-order valence-corrected chi connectivity index (χ1v) is 5.25. The Morgan fingerprint density at radius 1 is 1.12 bits per heavy atom. The number of hydrogen-bond acceptors (Lipinski definition) is 3. The van der Waals surface area contributed by atoms with E-state index < -0.39 is 23.3 Å². The highest BCUT2D eigenvalue weighted by Crippen LogP contribution is 2.36. The summed E-state index contributed by atoms with van der Waals surface area (Å²) in [6.45, 7) is 2.96. The van der Waals surface area contributed by atoms with Crippen molar-refractivity contribution >= 4 is 17.8 Å². The molecule has 6 heteroatoms. The molecular weight excluding hydrogens is 226 g/mol. The van der Waals surface area contributed by atoms with Gasteiger partial charge in [0.15, 0.2) is 0 Å². The fraction of sp³-hybridized carbons (Fsp3) is 0.545. The number of nitrogens with two attached hydrogens (primary N) is 1. The van der Waals surface area contributed by atoms with Crippen LogP contribution < -0.4 is 5.73 Å². The van der Waals surface area contributed by atoms with Crippen molar-refractivity contribution in [3.8, 4) is 0 Å². The van der Waals surface area contributed by atoms with Crippen LogP contribution in [0.15, 0.2) is 12.7 Å². The Kier molecular flexibility index (Phi) is 5.95. The fourth-order valence-corrected chi connectivity index (χ4v) is 1.72. The fourth-order valence-electron chi connectivity index (χ4n) is 1.72. The topological polar surface area (TPSA) is 118 Å². The van der Waals surface area contributed by atoms with Crippen molar-refractivity contribution in [2.24, 2.45) is 11.1 Å². The predicted molar refractivity (Wildman–Crippen MR) is 60.2 cm³/mol. The summed E-state index contributed by atoms with van der Waals surface area (Å²) >= 11 is 0. The van der Waals surface area contributed by atoms with E-state index in [4.69, 9.17) is 15.9 Å². The number of aliphatic carboxylic acids is 2. The lowest BCUT2D eigenvalue weighted by molar-refractivity contribution is -0.157. The Hall–Kier alpha value is -1.85. The predicted octanol–water partition coefficient (Wildman–Crippen LogP) is 0.764. The molecule has 96 valence electrons. The molecule has 0 aromatic heterocycles. The van der Waals surface area contributed by atoms with Gasteiger partial charge in [0.25, 0.3) is 0 Å².